The van der Waals surface area contributed by atoms with Crippen LogP contribution in [0.25, 0.3) is 11.3 Å². The van der Waals surface area contributed by atoms with Gasteiger partial charge in [0.15, 0.2) is 17.8 Å². The van der Waals surface area contributed by atoms with Crippen molar-refractivity contribution < 1.29 is 23.7 Å². The number of carbonyl (C=O) groups is 1. The molecular formula is C23H24ClN3O5. The first-order valence-electron chi connectivity index (χ1n) is 9.95. The van der Waals surface area contributed by atoms with E-state index < -0.39 is 12.3 Å². The van der Waals surface area contributed by atoms with Crippen LogP contribution in [0.15, 0.2) is 42.5 Å². The number of methoxy groups -OCH3 is 4. The van der Waals surface area contributed by atoms with Crippen LogP contribution in [0.4, 0.5) is 0 Å². The minimum atomic E-state index is -0.574. The summed E-state index contributed by atoms with van der Waals surface area (Å²) in [5, 5.41) is 8.02. The van der Waals surface area contributed by atoms with Crippen molar-refractivity contribution in [3.8, 4) is 22.8 Å². The van der Waals surface area contributed by atoms with Gasteiger partial charge in [-0.15, -0.1) is 0 Å². The second-order valence-corrected chi connectivity index (χ2v) is 7.68. The molecule has 0 saturated carbocycles. The van der Waals surface area contributed by atoms with Crippen molar-refractivity contribution in [3.63, 3.8) is 0 Å². The Balaban J connectivity index is 1.85. The van der Waals surface area contributed by atoms with Crippen molar-refractivity contribution in [2.24, 2.45) is 0 Å². The Morgan fingerprint density at radius 1 is 1.03 bits per heavy atom. The first-order chi connectivity index (χ1) is 15.5. The SMILES string of the molecule is COc1ccc(-c2n[nH]c3c2C(c2ccc(Cl)cc2)N(CC(OC)OC)C3=O)cc1OC. The number of hydrogen-bond acceptors (Lipinski definition) is 6. The number of aromatic amines is 1. The van der Waals surface area contributed by atoms with E-state index in [2.05, 4.69) is 10.2 Å². The first-order valence-corrected chi connectivity index (χ1v) is 10.3. The summed E-state index contributed by atoms with van der Waals surface area (Å²) in [4.78, 5) is 15.1. The van der Waals surface area contributed by atoms with E-state index in [9.17, 15) is 4.79 Å². The monoisotopic (exact) mass is 457 g/mol. The van der Waals surface area contributed by atoms with Gasteiger partial charge < -0.3 is 23.8 Å². The summed E-state index contributed by atoms with van der Waals surface area (Å²) in [6, 6.07) is 12.6. The molecule has 1 amide bonds. The van der Waals surface area contributed by atoms with Gasteiger partial charge in [0, 0.05) is 30.4 Å². The van der Waals surface area contributed by atoms with Crippen LogP contribution in [-0.2, 0) is 9.47 Å². The third kappa shape index (κ3) is 3.81. The summed E-state index contributed by atoms with van der Waals surface area (Å²) < 4.78 is 21.5. The first kappa shape index (κ1) is 22.1. The molecule has 4 rings (SSSR count). The van der Waals surface area contributed by atoms with Crippen molar-refractivity contribution >= 4 is 17.5 Å². The molecule has 8 nitrogen and oxygen atoms in total. The second kappa shape index (κ2) is 9.20. The molecule has 1 aliphatic rings. The van der Waals surface area contributed by atoms with E-state index in [1.807, 2.05) is 30.3 Å². The summed E-state index contributed by atoms with van der Waals surface area (Å²) in [5.74, 6) is 1.00. The van der Waals surface area contributed by atoms with Gasteiger partial charge >= 0.3 is 0 Å². The van der Waals surface area contributed by atoms with Crippen molar-refractivity contribution in [3.05, 3.63) is 64.3 Å². The zero-order valence-corrected chi connectivity index (χ0v) is 19.0. The quantitative estimate of drug-likeness (QED) is 0.516. The van der Waals surface area contributed by atoms with Gasteiger partial charge in [-0.25, -0.2) is 0 Å². The van der Waals surface area contributed by atoms with E-state index in [1.54, 1.807) is 45.5 Å². The fourth-order valence-corrected chi connectivity index (χ4v) is 4.11. The van der Waals surface area contributed by atoms with E-state index >= 15 is 0 Å². The molecule has 1 aromatic heterocycles. The molecule has 2 heterocycles. The molecule has 0 saturated heterocycles. The van der Waals surface area contributed by atoms with E-state index in [-0.39, 0.29) is 12.5 Å². The molecular weight excluding hydrogens is 434 g/mol. The Morgan fingerprint density at radius 2 is 1.72 bits per heavy atom. The molecule has 0 spiro atoms. The lowest BCUT2D eigenvalue weighted by Crippen LogP contribution is -2.38. The number of ether oxygens (including phenoxy) is 4. The minimum Gasteiger partial charge on any atom is -0.493 e. The highest BCUT2D eigenvalue weighted by Gasteiger charge is 2.43. The lowest BCUT2D eigenvalue weighted by atomic mass is 9.96. The molecule has 0 radical (unpaired) electrons. The van der Waals surface area contributed by atoms with Gasteiger partial charge in [0.1, 0.15) is 5.69 Å². The molecule has 3 aromatic rings. The molecule has 1 N–H and O–H groups in total. The summed E-state index contributed by atoms with van der Waals surface area (Å²) in [6.45, 7) is 0.243. The van der Waals surface area contributed by atoms with E-state index in [1.165, 1.54) is 0 Å². The number of aromatic nitrogens is 2. The number of halogens is 1. The highest BCUT2D eigenvalue weighted by Crippen LogP contribution is 2.44. The number of hydrogen-bond donors (Lipinski definition) is 1. The van der Waals surface area contributed by atoms with Crippen LogP contribution in [0.3, 0.4) is 0 Å². The zero-order chi connectivity index (χ0) is 22.8. The number of carbonyl (C=O) groups excluding carboxylic acids is 1. The molecule has 1 aliphatic heterocycles. The predicted octanol–water partition coefficient (Wildman–Crippen LogP) is 3.91. The Bertz CT molecular complexity index is 1110. The van der Waals surface area contributed by atoms with E-state index in [0.29, 0.717) is 27.9 Å². The molecule has 2 aromatic carbocycles. The van der Waals surface area contributed by atoms with Crippen molar-refractivity contribution in [2.45, 2.75) is 12.3 Å². The van der Waals surface area contributed by atoms with Crippen molar-refractivity contribution in [1.29, 1.82) is 0 Å². The van der Waals surface area contributed by atoms with Crippen LogP contribution in [0, 0.1) is 0 Å². The number of rotatable bonds is 8. The lowest BCUT2D eigenvalue weighted by Gasteiger charge is -2.29. The van der Waals surface area contributed by atoms with Crippen molar-refractivity contribution in [1.82, 2.24) is 15.1 Å². The van der Waals surface area contributed by atoms with Crippen LogP contribution in [0.2, 0.25) is 5.02 Å². The highest BCUT2D eigenvalue weighted by molar-refractivity contribution is 6.30. The topological polar surface area (TPSA) is 85.9 Å². The summed E-state index contributed by atoms with van der Waals surface area (Å²) in [5.41, 5.74) is 3.55. The van der Waals surface area contributed by atoms with Gasteiger partial charge in [0.05, 0.1) is 32.5 Å². The molecule has 0 aliphatic carbocycles. The summed E-state index contributed by atoms with van der Waals surface area (Å²) in [6.07, 6.45) is -0.574. The van der Waals surface area contributed by atoms with E-state index in [4.69, 9.17) is 30.5 Å². The maximum atomic E-state index is 13.4. The van der Waals surface area contributed by atoms with Gasteiger partial charge in [0.25, 0.3) is 5.91 Å². The third-order valence-electron chi connectivity index (χ3n) is 5.58. The van der Waals surface area contributed by atoms with Gasteiger partial charge in [-0.3, -0.25) is 9.89 Å². The number of nitrogens with one attached hydrogen (secondary N) is 1. The Kier molecular flexibility index (Phi) is 6.36. The number of amides is 1. The van der Waals surface area contributed by atoms with Crippen LogP contribution >= 0.6 is 11.6 Å². The normalized spacial score (nSPS) is 15.4. The smallest absolute Gasteiger partial charge is 0.273 e. The lowest BCUT2D eigenvalue weighted by molar-refractivity contribution is -0.113. The molecule has 32 heavy (non-hydrogen) atoms. The fourth-order valence-electron chi connectivity index (χ4n) is 3.99. The largest absolute Gasteiger partial charge is 0.493 e. The van der Waals surface area contributed by atoms with Crippen LogP contribution in [-0.4, -0.2) is 62.3 Å². The van der Waals surface area contributed by atoms with Gasteiger partial charge in [-0.1, -0.05) is 23.7 Å². The summed E-state index contributed by atoms with van der Waals surface area (Å²) >= 11 is 6.12. The molecule has 0 fully saturated rings. The van der Waals surface area contributed by atoms with E-state index in [0.717, 1.165) is 16.7 Å². The molecule has 168 valence electrons. The Labute approximate surface area is 191 Å². The minimum absolute atomic E-state index is 0.182. The van der Waals surface area contributed by atoms with Gasteiger partial charge in [0.2, 0.25) is 0 Å². The molecule has 9 heteroatoms. The van der Waals surface area contributed by atoms with Crippen LogP contribution < -0.4 is 9.47 Å². The number of benzene rings is 2. The molecule has 1 unspecified atom stereocenters. The number of fused-ring (bicyclic) bond motifs is 1. The maximum Gasteiger partial charge on any atom is 0.273 e. The fraction of sp³-hybridized carbons (Fsp3) is 0.304. The average molecular weight is 458 g/mol. The number of nitrogens with zero attached hydrogens (tertiary/aromatic N) is 2. The van der Waals surface area contributed by atoms with Crippen LogP contribution in [0.5, 0.6) is 11.5 Å². The number of H-pyrrole nitrogens is 1. The third-order valence-corrected chi connectivity index (χ3v) is 5.83. The van der Waals surface area contributed by atoms with Crippen molar-refractivity contribution in [2.75, 3.05) is 35.0 Å². The van der Waals surface area contributed by atoms with Gasteiger partial charge in [-0.2, -0.15) is 5.10 Å². The molecule has 0 bridgehead atoms. The highest BCUT2D eigenvalue weighted by atomic mass is 35.5. The van der Waals surface area contributed by atoms with Crippen LogP contribution in [0.1, 0.15) is 27.7 Å². The predicted molar refractivity (Wildman–Crippen MR) is 119 cm³/mol. The van der Waals surface area contributed by atoms with Gasteiger partial charge in [-0.05, 0) is 35.9 Å². The second-order valence-electron chi connectivity index (χ2n) is 7.24. The standard InChI is InChI=1S/C23H24ClN3O5/c1-29-16-10-7-14(11-17(16)30-2)20-19-21(26-25-20)23(28)27(12-18(31-3)32-4)22(19)13-5-8-15(24)9-6-13/h5-11,18,22H,12H2,1-4H3,(H,25,26). The average Bonchev–Trinajstić information content (AvgIpc) is 3.36. The summed E-state index contributed by atoms with van der Waals surface area (Å²) in [7, 11) is 6.25. The Morgan fingerprint density at radius 3 is 2.34 bits per heavy atom. The molecule has 1 atom stereocenters. The zero-order valence-electron chi connectivity index (χ0n) is 18.2. The Hall–Kier alpha value is -3.07. The maximum absolute atomic E-state index is 13.4.